The molecule has 0 saturated heterocycles. The molecule has 1 aromatic rings. The molecule has 1 unspecified atom stereocenters. The average Bonchev–Trinajstić information content (AvgIpc) is 2.42. The molecule has 0 radical (unpaired) electrons. The van der Waals surface area contributed by atoms with Gasteiger partial charge in [0.1, 0.15) is 17.9 Å². The Balaban J connectivity index is 2.41. The number of carbonyl (C=O) groups is 1. The van der Waals surface area contributed by atoms with Gasteiger partial charge in [0.25, 0.3) is 0 Å². The van der Waals surface area contributed by atoms with Crippen LogP contribution in [-0.4, -0.2) is 30.3 Å². The van der Waals surface area contributed by atoms with E-state index in [1.165, 1.54) is 6.07 Å². The number of benzene rings is 1. The number of para-hydroxylation sites is 1. The molecule has 1 atom stereocenters. The van der Waals surface area contributed by atoms with E-state index in [1.54, 1.807) is 18.2 Å². The second kappa shape index (κ2) is 8.17. The van der Waals surface area contributed by atoms with Gasteiger partial charge in [-0.25, -0.2) is 4.79 Å². The Hall–Kier alpha value is -1.99. The number of ether oxygens (including phenoxy) is 1. The zero-order valence-corrected chi connectivity index (χ0v) is 11.1. The third-order valence-corrected chi connectivity index (χ3v) is 2.77. The molecule has 2 N–H and O–H groups in total. The summed E-state index contributed by atoms with van der Waals surface area (Å²) in [5.41, 5.74) is 0.179. The van der Waals surface area contributed by atoms with Gasteiger partial charge in [0.2, 0.25) is 0 Å². The summed E-state index contributed by atoms with van der Waals surface area (Å²) in [4.78, 5) is 11.0. The van der Waals surface area contributed by atoms with Gasteiger partial charge >= 0.3 is 5.97 Å². The molecule has 1 rings (SSSR count). The molecule has 102 valence electrons. The summed E-state index contributed by atoms with van der Waals surface area (Å²) in [5, 5.41) is 12.3. The van der Waals surface area contributed by atoms with E-state index in [0.29, 0.717) is 25.3 Å². The van der Waals surface area contributed by atoms with Crippen molar-refractivity contribution in [3.63, 3.8) is 0 Å². The Bertz CT molecular complexity index is 451. The van der Waals surface area contributed by atoms with Crippen LogP contribution in [0.1, 0.15) is 30.1 Å². The van der Waals surface area contributed by atoms with Crippen LogP contribution in [0, 0.1) is 12.3 Å². The lowest BCUT2D eigenvalue weighted by Crippen LogP contribution is -2.31. The monoisotopic (exact) mass is 261 g/mol. The summed E-state index contributed by atoms with van der Waals surface area (Å²) < 4.78 is 5.48. The van der Waals surface area contributed by atoms with Crippen LogP contribution in [0.15, 0.2) is 24.3 Å². The number of aromatic carboxylic acids is 1. The van der Waals surface area contributed by atoms with Crippen molar-refractivity contribution in [2.75, 3.05) is 13.2 Å². The Labute approximate surface area is 113 Å². The van der Waals surface area contributed by atoms with Crippen LogP contribution in [0.25, 0.3) is 0 Å². The summed E-state index contributed by atoms with van der Waals surface area (Å²) in [6.45, 7) is 3.11. The molecule has 0 amide bonds. The van der Waals surface area contributed by atoms with Crippen LogP contribution >= 0.6 is 0 Å². The molecular weight excluding hydrogens is 242 g/mol. The Morgan fingerprint density at radius 2 is 2.26 bits per heavy atom. The molecule has 0 aliphatic rings. The second-order valence-corrected chi connectivity index (χ2v) is 4.12. The second-order valence-electron chi connectivity index (χ2n) is 4.12. The number of terminal acetylenes is 1. The van der Waals surface area contributed by atoms with Gasteiger partial charge in [-0.3, -0.25) is 0 Å². The first kappa shape index (κ1) is 15.1. The highest BCUT2D eigenvalue weighted by molar-refractivity contribution is 5.90. The van der Waals surface area contributed by atoms with Crippen molar-refractivity contribution in [2.24, 2.45) is 0 Å². The van der Waals surface area contributed by atoms with Crippen molar-refractivity contribution in [1.82, 2.24) is 5.32 Å². The fraction of sp³-hybridized carbons (Fsp3) is 0.400. The molecule has 0 spiro atoms. The summed E-state index contributed by atoms with van der Waals surface area (Å²) in [5.74, 6) is 2.03. The average molecular weight is 261 g/mol. The van der Waals surface area contributed by atoms with Gasteiger partial charge in [0.15, 0.2) is 0 Å². The first-order valence-electron chi connectivity index (χ1n) is 6.31. The van der Waals surface area contributed by atoms with Crippen LogP contribution in [0.3, 0.4) is 0 Å². The normalized spacial score (nSPS) is 11.6. The SMILES string of the molecule is C#CCC(CC)NCCOc1ccccc1C(=O)O. The zero-order chi connectivity index (χ0) is 14.1. The lowest BCUT2D eigenvalue weighted by atomic mass is 10.1. The van der Waals surface area contributed by atoms with E-state index < -0.39 is 5.97 Å². The molecule has 4 heteroatoms. The van der Waals surface area contributed by atoms with Crippen molar-refractivity contribution in [3.05, 3.63) is 29.8 Å². The number of carboxylic acids is 1. The smallest absolute Gasteiger partial charge is 0.339 e. The highest BCUT2D eigenvalue weighted by Crippen LogP contribution is 2.17. The van der Waals surface area contributed by atoms with Crippen LogP contribution in [0.4, 0.5) is 0 Å². The molecule has 0 aliphatic heterocycles. The minimum Gasteiger partial charge on any atom is -0.491 e. The maximum absolute atomic E-state index is 11.0. The van der Waals surface area contributed by atoms with Crippen LogP contribution in [0.5, 0.6) is 5.75 Å². The van der Waals surface area contributed by atoms with Gasteiger partial charge in [-0.2, -0.15) is 0 Å². The van der Waals surface area contributed by atoms with Crippen LogP contribution < -0.4 is 10.1 Å². The molecule has 1 aromatic carbocycles. The number of hydrogen-bond acceptors (Lipinski definition) is 3. The third kappa shape index (κ3) is 5.02. The Kier molecular flexibility index (Phi) is 6.48. The number of nitrogens with one attached hydrogen (secondary N) is 1. The molecule has 0 aromatic heterocycles. The van der Waals surface area contributed by atoms with Crippen LogP contribution in [0.2, 0.25) is 0 Å². The molecule has 19 heavy (non-hydrogen) atoms. The highest BCUT2D eigenvalue weighted by atomic mass is 16.5. The third-order valence-electron chi connectivity index (χ3n) is 2.77. The first-order chi connectivity index (χ1) is 9.19. The Morgan fingerprint density at radius 3 is 2.89 bits per heavy atom. The maximum atomic E-state index is 11.0. The molecule has 0 saturated carbocycles. The summed E-state index contributed by atoms with van der Waals surface area (Å²) in [7, 11) is 0. The van der Waals surface area contributed by atoms with E-state index in [9.17, 15) is 4.79 Å². The van der Waals surface area contributed by atoms with E-state index in [2.05, 4.69) is 18.2 Å². The van der Waals surface area contributed by atoms with Gasteiger partial charge in [0, 0.05) is 19.0 Å². The van der Waals surface area contributed by atoms with Crippen molar-refractivity contribution in [2.45, 2.75) is 25.8 Å². The first-order valence-corrected chi connectivity index (χ1v) is 6.31. The predicted octanol–water partition coefficient (Wildman–Crippen LogP) is 2.16. The molecule has 0 aliphatic carbocycles. The van der Waals surface area contributed by atoms with Crippen molar-refractivity contribution in [1.29, 1.82) is 0 Å². The van der Waals surface area contributed by atoms with E-state index in [0.717, 1.165) is 6.42 Å². The Morgan fingerprint density at radius 1 is 1.53 bits per heavy atom. The summed E-state index contributed by atoms with van der Waals surface area (Å²) in [6.07, 6.45) is 6.90. The predicted molar refractivity (Wildman–Crippen MR) is 74.4 cm³/mol. The lowest BCUT2D eigenvalue weighted by Gasteiger charge is -2.15. The van der Waals surface area contributed by atoms with Gasteiger partial charge in [-0.05, 0) is 18.6 Å². The van der Waals surface area contributed by atoms with Gasteiger partial charge in [-0.15, -0.1) is 12.3 Å². The quantitative estimate of drug-likeness (QED) is 0.556. The van der Waals surface area contributed by atoms with E-state index in [4.69, 9.17) is 16.3 Å². The molecule has 4 nitrogen and oxygen atoms in total. The van der Waals surface area contributed by atoms with E-state index >= 15 is 0 Å². The molecule has 0 heterocycles. The number of rotatable bonds is 8. The van der Waals surface area contributed by atoms with Crippen molar-refractivity contribution in [3.8, 4) is 18.1 Å². The molecular formula is C15H19NO3. The number of carboxylic acid groups (broad SMARTS) is 1. The van der Waals surface area contributed by atoms with Crippen LogP contribution in [-0.2, 0) is 0 Å². The number of hydrogen-bond donors (Lipinski definition) is 2. The van der Waals surface area contributed by atoms with Crippen molar-refractivity contribution >= 4 is 5.97 Å². The largest absolute Gasteiger partial charge is 0.491 e. The zero-order valence-electron chi connectivity index (χ0n) is 11.1. The van der Waals surface area contributed by atoms with Crippen molar-refractivity contribution < 1.29 is 14.6 Å². The van der Waals surface area contributed by atoms with E-state index in [1.807, 2.05) is 0 Å². The summed E-state index contributed by atoms with van der Waals surface area (Å²) >= 11 is 0. The van der Waals surface area contributed by atoms with Gasteiger partial charge < -0.3 is 15.2 Å². The molecule has 0 bridgehead atoms. The van der Waals surface area contributed by atoms with E-state index in [-0.39, 0.29) is 11.6 Å². The fourth-order valence-electron chi connectivity index (χ4n) is 1.70. The minimum absolute atomic E-state index is 0.179. The fourth-order valence-corrected chi connectivity index (χ4v) is 1.70. The van der Waals surface area contributed by atoms with Gasteiger partial charge in [0.05, 0.1) is 0 Å². The standard InChI is InChI=1S/C15H19NO3/c1-3-7-12(4-2)16-10-11-19-14-9-6-5-8-13(14)15(17)18/h1,5-6,8-9,12,16H,4,7,10-11H2,2H3,(H,17,18). The molecule has 0 fully saturated rings. The minimum atomic E-state index is -0.984. The summed E-state index contributed by atoms with van der Waals surface area (Å²) in [6, 6.07) is 6.89. The topological polar surface area (TPSA) is 58.6 Å². The van der Waals surface area contributed by atoms with Gasteiger partial charge in [-0.1, -0.05) is 19.1 Å². The highest BCUT2D eigenvalue weighted by Gasteiger charge is 2.10. The maximum Gasteiger partial charge on any atom is 0.339 e. The lowest BCUT2D eigenvalue weighted by molar-refractivity contribution is 0.0692.